The Balaban J connectivity index is 4.30. The van der Waals surface area contributed by atoms with Gasteiger partial charge < -0.3 is 13.7 Å². The van der Waals surface area contributed by atoms with E-state index in [0.29, 0.717) is 13.2 Å². The fourth-order valence-electron chi connectivity index (χ4n) is 1.08. The first-order valence-electron chi connectivity index (χ1n) is 6.11. The summed E-state index contributed by atoms with van der Waals surface area (Å²) in [5.41, 5.74) is 0. The highest BCUT2D eigenvalue weighted by Gasteiger charge is 2.23. The third kappa shape index (κ3) is 12.1. The predicted octanol–water partition coefficient (Wildman–Crippen LogP) is 3.08. The monoisotopic (exact) mass is 277 g/mol. The van der Waals surface area contributed by atoms with Gasteiger partial charge in [0.15, 0.2) is 16.6 Å². The summed E-state index contributed by atoms with van der Waals surface area (Å²) in [6.07, 6.45) is 1.61. The standard InChI is InChI=1S/C11H27NO3Si2/c1-8-13-12-9-11(15-17(5,6)7)10-14-16(2,3)4/h9,11H,8,10H2,1-7H3/b12-9+. The molecule has 0 saturated carbocycles. The molecular weight excluding hydrogens is 250 g/mol. The molecular formula is C11H27NO3Si2. The molecule has 0 aromatic heterocycles. The van der Waals surface area contributed by atoms with E-state index >= 15 is 0 Å². The second kappa shape index (κ2) is 7.30. The number of hydrogen-bond donors (Lipinski definition) is 0. The van der Waals surface area contributed by atoms with Gasteiger partial charge in [-0.05, 0) is 46.2 Å². The average Bonchev–Trinajstić information content (AvgIpc) is 2.11. The minimum Gasteiger partial charge on any atom is -0.415 e. The first kappa shape index (κ1) is 16.8. The lowest BCUT2D eigenvalue weighted by molar-refractivity contribution is 0.143. The van der Waals surface area contributed by atoms with Crippen molar-refractivity contribution in [2.24, 2.45) is 5.16 Å². The van der Waals surface area contributed by atoms with Crippen molar-refractivity contribution in [1.82, 2.24) is 0 Å². The van der Waals surface area contributed by atoms with E-state index in [1.165, 1.54) is 0 Å². The molecule has 0 aliphatic carbocycles. The Bertz CT molecular complexity index is 234. The van der Waals surface area contributed by atoms with Crippen LogP contribution in [0.3, 0.4) is 0 Å². The fraction of sp³-hybridized carbons (Fsp3) is 0.909. The third-order valence-corrected chi connectivity index (χ3v) is 3.66. The number of oxime groups is 1. The van der Waals surface area contributed by atoms with Crippen LogP contribution < -0.4 is 0 Å². The first-order valence-corrected chi connectivity index (χ1v) is 12.9. The molecule has 0 bridgehead atoms. The second-order valence-electron chi connectivity index (χ2n) is 5.86. The van der Waals surface area contributed by atoms with Crippen molar-refractivity contribution in [2.75, 3.05) is 13.2 Å². The summed E-state index contributed by atoms with van der Waals surface area (Å²) < 4.78 is 11.8. The zero-order chi connectivity index (χ0) is 13.5. The van der Waals surface area contributed by atoms with Crippen LogP contribution in [0.4, 0.5) is 0 Å². The highest BCUT2D eigenvalue weighted by Crippen LogP contribution is 2.10. The fourth-order valence-corrected chi connectivity index (χ4v) is 2.78. The van der Waals surface area contributed by atoms with Gasteiger partial charge in [0.2, 0.25) is 0 Å². The maximum atomic E-state index is 5.99. The molecule has 0 rings (SSSR count). The molecule has 0 saturated heterocycles. The van der Waals surface area contributed by atoms with Crippen molar-refractivity contribution in [2.45, 2.75) is 52.3 Å². The Labute approximate surface area is 108 Å². The molecule has 0 aliphatic rings. The summed E-state index contributed by atoms with van der Waals surface area (Å²) in [6.45, 7) is 16.0. The highest BCUT2D eigenvalue weighted by atomic mass is 28.4. The first-order chi connectivity index (χ1) is 7.64. The largest absolute Gasteiger partial charge is 0.415 e. The van der Waals surface area contributed by atoms with Crippen molar-refractivity contribution in [3.05, 3.63) is 0 Å². The highest BCUT2D eigenvalue weighted by molar-refractivity contribution is 6.70. The Morgan fingerprint density at radius 3 is 2.06 bits per heavy atom. The van der Waals surface area contributed by atoms with E-state index in [-0.39, 0.29) is 6.10 Å². The van der Waals surface area contributed by atoms with Crippen molar-refractivity contribution < 1.29 is 13.7 Å². The van der Waals surface area contributed by atoms with Crippen LogP contribution in [0, 0.1) is 0 Å². The van der Waals surface area contributed by atoms with Gasteiger partial charge in [0, 0.05) is 0 Å². The summed E-state index contributed by atoms with van der Waals surface area (Å²) in [7, 11) is -3.10. The molecule has 0 aliphatic heterocycles. The summed E-state index contributed by atoms with van der Waals surface area (Å²) in [4.78, 5) is 4.97. The van der Waals surface area contributed by atoms with E-state index in [1.807, 2.05) is 6.92 Å². The van der Waals surface area contributed by atoms with Crippen LogP contribution in [0.5, 0.6) is 0 Å². The topological polar surface area (TPSA) is 40.0 Å². The molecule has 0 heterocycles. The zero-order valence-corrected chi connectivity index (χ0v) is 14.2. The Kier molecular flexibility index (Phi) is 7.23. The summed E-state index contributed by atoms with van der Waals surface area (Å²) in [5.74, 6) is 0. The average molecular weight is 278 g/mol. The van der Waals surface area contributed by atoms with Crippen molar-refractivity contribution in [1.29, 1.82) is 0 Å². The molecule has 1 atom stereocenters. The van der Waals surface area contributed by atoms with Gasteiger partial charge in [0.05, 0.1) is 12.8 Å². The zero-order valence-electron chi connectivity index (χ0n) is 12.2. The lowest BCUT2D eigenvalue weighted by Gasteiger charge is -2.26. The maximum absolute atomic E-state index is 5.99. The Hall–Kier alpha value is -0.176. The quantitative estimate of drug-likeness (QED) is 0.389. The van der Waals surface area contributed by atoms with Gasteiger partial charge >= 0.3 is 0 Å². The summed E-state index contributed by atoms with van der Waals surface area (Å²) in [6, 6.07) is 0. The molecule has 1 unspecified atom stereocenters. The van der Waals surface area contributed by atoms with E-state index in [4.69, 9.17) is 13.7 Å². The van der Waals surface area contributed by atoms with E-state index in [0.717, 1.165) is 0 Å². The molecule has 0 N–H and O–H groups in total. The van der Waals surface area contributed by atoms with Crippen LogP contribution in [0.2, 0.25) is 39.3 Å². The third-order valence-electron chi connectivity index (χ3n) is 1.62. The predicted molar refractivity (Wildman–Crippen MR) is 77.6 cm³/mol. The van der Waals surface area contributed by atoms with E-state index in [2.05, 4.69) is 44.4 Å². The molecule has 17 heavy (non-hydrogen) atoms. The van der Waals surface area contributed by atoms with Crippen LogP contribution in [-0.4, -0.2) is 42.2 Å². The minimum atomic E-state index is -1.59. The van der Waals surface area contributed by atoms with Crippen LogP contribution in [0.1, 0.15) is 6.92 Å². The smallest absolute Gasteiger partial charge is 0.184 e. The number of hydrogen-bond acceptors (Lipinski definition) is 4. The Morgan fingerprint density at radius 1 is 1.06 bits per heavy atom. The maximum Gasteiger partial charge on any atom is 0.184 e. The van der Waals surface area contributed by atoms with Gasteiger partial charge in [-0.1, -0.05) is 5.16 Å². The van der Waals surface area contributed by atoms with E-state index in [9.17, 15) is 0 Å². The van der Waals surface area contributed by atoms with E-state index < -0.39 is 16.6 Å². The molecule has 6 heteroatoms. The molecule has 102 valence electrons. The van der Waals surface area contributed by atoms with E-state index in [1.54, 1.807) is 6.21 Å². The number of nitrogens with zero attached hydrogens (tertiary/aromatic N) is 1. The molecule has 0 spiro atoms. The summed E-state index contributed by atoms with van der Waals surface area (Å²) >= 11 is 0. The number of rotatable bonds is 8. The van der Waals surface area contributed by atoms with Crippen LogP contribution in [-0.2, 0) is 13.7 Å². The molecule has 0 aromatic rings. The Morgan fingerprint density at radius 2 is 1.65 bits per heavy atom. The minimum absolute atomic E-state index is 0.0973. The normalized spacial score (nSPS) is 15.2. The van der Waals surface area contributed by atoms with Gasteiger partial charge in [-0.2, -0.15) is 0 Å². The van der Waals surface area contributed by atoms with Gasteiger partial charge in [0.25, 0.3) is 0 Å². The molecule has 0 radical (unpaired) electrons. The molecule has 0 fully saturated rings. The van der Waals surface area contributed by atoms with Crippen molar-refractivity contribution in [3.8, 4) is 0 Å². The lowest BCUT2D eigenvalue weighted by atomic mass is 10.4. The van der Waals surface area contributed by atoms with Gasteiger partial charge in [0.1, 0.15) is 12.7 Å². The molecule has 0 aromatic carbocycles. The molecule has 0 amide bonds. The van der Waals surface area contributed by atoms with Crippen LogP contribution >= 0.6 is 0 Å². The molecule has 4 nitrogen and oxygen atoms in total. The van der Waals surface area contributed by atoms with Crippen LogP contribution in [0.15, 0.2) is 5.16 Å². The van der Waals surface area contributed by atoms with Gasteiger partial charge in [-0.3, -0.25) is 0 Å². The lowest BCUT2D eigenvalue weighted by Crippen LogP contribution is -2.38. The van der Waals surface area contributed by atoms with Gasteiger partial charge in [-0.15, -0.1) is 0 Å². The SMILES string of the molecule is CCO/N=C/C(CO[Si](C)(C)C)O[Si](C)(C)C. The van der Waals surface area contributed by atoms with Gasteiger partial charge in [-0.25, -0.2) is 0 Å². The summed E-state index contributed by atoms with van der Waals surface area (Å²) in [5, 5.41) is 3.88. The second-order valence-corrected chi connectivity index (χ2v) is 14.8. The van der Waals surface area contributed by atoms with Crippen LogP contribution in [0.25, 0.3) is 0 Å². The van der Waals surface area contributed by atoms with Crippen molar-refractivity contribution >= 4 is 22.8 Å². The van der Waals surface area contributed by atoms with Crippen molar-refractivity contribution in [3.63, 3.8) is 0 Å².